The number of fused-ring (bicyclic) bond motifs is 2. The quantitative estimate of drug-likeness (QED) is 0.730. The summed E-state index contributed by atoms with van der Waals surface area (Å²) in [7, 11) is 0. The zero-order valence-electron chi connectivity index (χ0n) is 19.6. The van der Waals surface area contributed by atoms with Crippen molar-refractivity contribution in [1.29, 1.82) is 0 Å². The largest absolute Gasteiger partial charge is 0.337 e. The molecular formula is C26H39N3O2. The van der Waals surface area contributed by atoms with Crippen LogP contribution in [0.15, 0.2) is 24.3 Å². The zero-order valence-corrected chi connectivity index (χ0v) is 19.6. The van der Waals surface area contributed by atoms with E-state index in [2.05, 4.69) is 29.7 Å². The van der Waals surface area contributed by atoms with Crippen molar-refractivity contribution in [2.24, 2.45) is 23.7 Å². The molecule has 2 saturated carbocycles. The Labute approximate surface area is 187 Å². The molecule has 2 fully saturated rings. The highest BCUT2D eigenvalue weighted by Gasteiger charge is 2.55. The van der Waals surface area contributed by atoms with E-state index in [9.17, 15) is 9.59 Å². The van der Waals surface area contributed by atoms with Crippen LogP contribution < -0.4 is 4.90 Å². The first-order valence-corrected chi connectivity index (χ1v) is 12.3. The first kappa shape index (κ1) is 22.3. The van der Waals surface area contributed by atoms with Crippen molar-refractivity contribution in [3.63, 3.8) is 0 Å². The molecule has 5 nitrogen and oxygen atoms in total. The van der Waals surface area contributed by atoms with Crippen LogP contribution in [-0.2, 0) is 16.1 Å². The number of carbonyl (C=O) groups is 2. The molecule has 0 radical (unpaired) electrons. The molecule has 4 rings (SSSR count). The van der Waals surface area contributed by atoms with E-state index in [4.69, 9.17) is 0 Å². The summed E-state index contributed by atoms with van der Waals surface area (Å²) < 4.78 is 0. The Morgan fingerprint density at radius 1 is 0.968 bits per heavy atom. The highest BCUT2D eigenvalue weighted by atomic mass is 16.2. The number of benzene rings is 1. The fourth-order valence-corrected chi connectivity index (χ4v) is 5.92. The van der Waals surface area contributed by atoms with Gasteiger partial charge in [0.15, 0.2) is 0 Å². The van der Waals surface area contributed by atoms with E-state index in [1.54, 1.807) is 6.92 Å². The molecule has 0 aromatic heterocycles. The standard InChI is InChI=1S/C26H39N3O2/c1-19(2)17-27-13-8-14-29(20(3)30)24-12-7-4-9-21(24)18-28(16-15-27)26(31)25-22-10-5-6-11-23(22)25/h4,7,9,12,19,22-23,25H,5-6,8,10-11,13-18H2,1-3H3. The third kappa shape index (κ3) is 5.14. The number of hydrogen-bond acceptors (Lipinski definition) is 3. The number of hydrogen-bond donors (Lipinski definition) is 0. The predicted octanol–water partition coefficient (Wildman–Crippen LogP) is 4.17. The van der Waals surface area contributed by atoms with Gasteiger partial charge in [-0.1, -0.05) is 44.9 Å². The summed E-state index contributed by atoms with van der Waals surface area (Å²) in [6.45, 7) is 11.2. The van der Waals surface area contributed by atoms with Crippen molar-refractivity contribution in [2.45, 2.75) is 59.4 Å². The Kier molecular flexibility index (Phi) is 7.00. The molecule has 170 valence electrons. The van der Waals surface area contributed by atoms with Crippen LogP contribution in [0.25, 0.3) is 0 Å². The van der Waals surface area contributed by atoms with Gasteiger partial charge >= 0.3 is 0 Å². The smallest absolute Gasteiger partial charge is 0.226 e. The molecule has 5 heteroatoms. The SMILES string of the molecule is CC(=O)N1CCCN(CC(C)C)CCN(C(=O)C2C3CCCCC32)Cc2ccccc21. The summed E-state index contributed by atoms with van der Waals surface area (Å²) in [5.74, 6) is 2.49. The maximum absolute atomic E-state index is 13.7. The van der Waals surface area contributed by atoms with E-state index in [0.29, 0.717) is 30.2 Å². The lowest BCUT2D eigenvalue weighted by molar-refractivity contribution is -0.134. The van der Waals surface area contributed by atoms with Gasteiger partial charge in [-0.3, -0.25) is 9.59 Å². The minimum Gasteiger partial charge on any atom is -0.337 e. The molecule has 2 atom stereocenters. The van der Waals surface area contributed by atoms with Gasteiger partial charge in [0.1, 0.15) is 0 Å². The molecule has 2 amide bonds. The third-order valence-electron chi connectivity index (χ3n) is 7.44. The number of para-hydroxylation sites is 1. The Morgan fingerprint density at radius 3 is 2.35 bits per heavy atom. The van der Waals surface area contributed by atoms with Crippen molar-refractivity contribution in [3.8, 4) is 0 Å². The van der Waals surface area contributed by atoms with Gasteiger partial charge in [-0.15, -0.1) is 0 Å². The summed E-state index contributed by atoms with van der Waals surface area (Å²) in [6, 6.07) is 8.16. The second kappa shape index (κ2) is 9.72. The summed E-state index contributed by atoms with van der Waals surface area (Å²) in [4.78, 5) is 32.7. The van der Waals surface area contributed by atoms with E-state index < -0.39 is 0 Å². The zero-order chi connectivity index (χ0) is 22.0. The van der Waals surface area contributed by atoms with Crippen molar-refractivity contribution < 1.29 is 9.59 Å². The van der Waals surface area contributed by atoms with Crippen molar-refractivity contribution in [2.75, 3.05) is 37.6 Å². The van der Waals surface area contributed by atoms with Crippen LogP contribution in [0.4, 0.5) is 5.69 Å². The second-order valence-corrected chi connectivity index (χ2v) is 10.2. The molecule has 0 saturated heterocycles. The van der Waals surface area contributed by atoms with Gasteiger partial charge in [0.2, 0.25) is 11.8 Å². The maximum Gasteiger partial charge on any atom is 0.226 e. The molecule has 2 unspecified atom stereocenters. The molecule has 0 spiro atoms. The topological polar surface area (TPSA) is 43.9 Å². The Bertz CT molecular complexity index is 781. The molecule has 3 aliphatic rings. The van der Waals surface area contributed by atoms with E-state index in [-0.39, 0.29) is 11.8 Å². The van der Waals surface area contributed by atoms with E-state index >= 15 is 0 Å². The first-order chi connectivity index (χ1) is 15.0. The number of carbonyl (C=O) groups excluding carboxylic acids is 2. The normalized spacial score (nSPS) is 27.3. The monoisotopic (exact) mass is 425 g/mol. The van der Waals surface area contributed by atoms with E-state index in [1.807, 2.05) is 23.1 Å². The lowest BCUT2D eigenvalue weighted by Gasteiger charge is -2.29. The van der Waals surface area contributed by atoms with Crippen molar-refractivity contribution in [3.05, 3.63) is 29.8 Å². The second-order valence-electron chi connectivity index (χ2n) is 10.2. The summed E-state index contributed by atoms with van der Waals surface area (Å²) in [6.07, 6.45) is 5.96. The lowest BCUT2D eigenvalue weighted by atomic mass is 10.0. The van der Waals surface area contributed by atoms with Gasteiger partial charge in [0.25, 0.3) is 0 Å². The van der Waals surface area contributed by atoms with Gasteiger partial charge in [-0.2, -0.15) is 0 Å². The van der Waals surface area contributed by atoms with Gasteiger partial charge in [-0.05, 0) is 55.2 Å². The molecule has 1 aromatic rings. The van der Waals surface area contributed by atoms with Gasteiger partial charge in [0.05, 0.1) is 0 Å². The number of amides is 2. The average molecular weight is 426 g/mol. The lowest BCUT2D eigenvalue weighted by Crippen LogP contribution is -2.40. The third-order valence-corrected chi connectivity index (χ3v) is 7.44. The molecule has 1 aliphatic heterocycles. The average Bonchev–Trinajstić information content (AvgIpc) is 3.47. The van der Waals surface area contributed by atoms with Crippen molar-refractivity contribution >= 4 is 17.5 Å². The molecule has 1 aromatic carbocycles. The highest BCUT2D eigenvalue weighted by Crippen LogP contribution is 2.56. The van der Waals surface area contributed by atoms with Crippen LogP contribution in [0.3, 0.4) is 0 Å². The summed E-state index contributed by atoms with van der Waals surface area (Å²) in [5, 5.41) is 0. The van der Waals surface area contributed by atoms with E-state index in [1.165, 1.54) is 25.7 Å². The van der Waals surface area contributed by atoms with Crippen molar-refractivity contribution in [1.82, 2.24) is 9.80 Å². The van der Waals surface area contributed by atoms with E-state index in [0.717, 1.165) is 50.4 Å². The first-order valence-electron chi connectivity index (χ1n) is 12.3. The molecule has 1 heterocycles. The van der Waals surface area contributed by atoms with Crippen LogP contribution in [0.5, 0.6) is 0 Å². The Hall–Kier alpha value is -1.88. The van der Waals surface area contributed by atoms with Crippen LogP contribution in [0, 0.1) is 23.7 Å². The van der Waals surface area contributed by atoms with Gasteiger partial charge < -0.3 is 14.7 Å². The fourth-order valence-electron chi connectivity index (χ4n) is 5.92. The molecule has 2 aliphatic carbocycles. The van der Waals surface area contributed by atoms with Crippen LogP contribution in [0.1, 0.15) is 58.4 Å². The number of anilines is 1. The Balaban J connectivity index is 1.60. The number of nitrogens with zero attached hydrogens (tertiary/aromatic N) is 3. The van der Waals surface area contributed by atoms with Crippen LogP contribution >= 0.6 is 0 Å². The molecular weight excluding hydrogens is 386 g/mol. The van der Waals surface area contributed by atoms with Crippen LogP contribution in [0.2, 0.25) is 0 Å². The molecule has 0 N–H and O–H groups in total. The van der Waals surface area contributed by atoms with Crippen LogP contribution in [-0.4, -0.2) is 54.3 Å². The number of rotatable bonds is 3. The minimum atomic E-state index is 0.0770. The maximum atomic E-state index is 13.7. The molecule has 0 bridgehead atoms. The summed E-state index contributed by atoms with van der Waals surface area (Å²) in [5.41, 5.74) is 2.06. The highest BCUT2D eigenvalue weighted by molar-refractivity contribution is 5.92. The molecule has 31 heavy (non-hydrogen) atoms. The van der Waals surface area contributed by atoms with Gasteiger partial charge in [-0.25, -0.2) is 0 Å². The summed E-state index contributed by atoms with van der Waals surface area (Å²) >= 11 is 0. The van der Waals surface area contributed by atoms with Gasteiger partial charge in [0, 0.05) is 51.3 Å². The minimum absolute atomic E-state index is 0.0770. The Morgan fingerprint density at radius 2 is 1.68 bits per heavy atom. The fraction of sp³-hybridized carbons (Fsp3) is 0.692. The predicted molar refractivity (Wildman–Crippen MR) is 125 cm³/mol.